The van der Waals surface area contributed by atoms with Crippen molar-refractivity contribution in [2.45, 2.75) is 32.2 Å². The van der Waals surface area contributed by atoms with E-state index in [0.717, 1.165) is 0 Å². The lowest BCUT2D eigenvalue weighted by Gasteiger charge is -2.23. The first-order valence-electron chi connectivity index (χ1n) is 7.31. The van der Waals surface area contributed by atoms with Crippen LogP contribution in [0.15, 0.2) is 12.1 Å². The highest BCUT2D eigenvalue weighted by Crippen LogP contribution is 2.31. The van der Waals surface area contributed by atoms with Crippen molar-refractivity contribution in [3.05, 3.63) is 22.2 Å². The van der Waals surface area contributed by atoms with Gasteiger partial charge in [0, 0.05) is 12.2 Å². The van der Waals surface area contributed by atoms with E-state index in [1.54, 1.807) is 6.92 Å². The highest BCUT2D eigenvalue weighted by Gasteiger charge is 2.38. The van der Waals surface area contributed by atoms with E-state index in [1.165, 1.54) is 16.4 Å². The quantitative estimate of drug-likeness (QED) is 0.769. The molecule has 0 radical (unpaired) electrons. The van der Waals surface area contributed by atoms with Crippen LogP contribution in [0.4, 0.5) is 11.4 Å². The Morgan fingerprint density at radius 3 is 2.57 bits per heavy atom. The van der Waals surface area contributed by atoms with E-state index in [0.29, 0.717) is 31.5 Å². The van der Waals surface area contributed by atoms with Crippen LogP contribution in [-0.4, -0.2) is 37.0 Å². The minimum absolute atomic E-state index is 0.0380. The number of halogens is 2. The van der Waals surface area contributed by atoms with Gasteiger partial charge in [0.05, 0.1) is 21.5 Å². The lowest BCUT2D eigenvalue weighted by Crippen LogP contribution is -2.44. The monoisotopic (exact) mass is 379 g/mol. The van der Waals surface area contributed by atoms with Gasteiger partial charge in [0.1, 0.15) is 6.04 Å². The van der Waals surface area contributed by atoms with Gasteiger partial charge in [-0.25, -0.2) is 8.42 Å². The van der Waals surface area contributed by atoms with E-state index >= 15 is 0 Å². The molecule has 0 bridgehead atoms. The lowest BCUT2D eigenvalue weighted by molar-refractivity contribution is -0.119. The van der Waals surface area contributed by atoms with Gasteiger partial charge in [-0.3, -0.25) is 4.79 Å². The highest BCUT2D eigenvalue weighted by molar-refractivity contribution is 7.89. The van der Waals surface area contributed by atoms with Crippen molar-refractivity contribution >= 4 is 50.5 Å². The molecule has 23 heavy (non-hydrogen) atoms. The molecule has 1 heterocycles. The third-order valence-electron chi connectivity index (χ3n) is 3.67. The number of nitrogen functional groups attached to an aromatic ring is 1. The summed E-state index contributed by atoms with van der Waals surface area (Å²) in [5.74, 6) is -0.352. The predicted octanol–water partition coefficient (Wildman–Crippen LogP) is 2.72. The smallest absolute Gasteiger partial charge is 0.242 e. The second-order valence-electron chi connectivity index (χ2n) is 5.43. The number of hydrogen-bond donors (Lipinski definition) is 2. The average molecular weight is 380 g/mol. The second-order valence-corrected chi connectivity index (χ2v) is 8.28. The minimum atomic E-state index is -3.42. The molecule has 3 N–H and O–H groups in total. The van der Waals surface area contributed by atoms with Crippen molar-refractivity contribution < 1.29 is 13.2 Å². The molecule has 1 aromatic carbocycles. The van der Waals surface area contributed by atoms with Crippen molar-refractivity contribution in [3.63, 3.8) is 0 Å². The summed E-state index contributed by atoms with van der Waals surface area (Å²) in [5.41, 5.74) is 6.28. The summed E-state index contributed by atoms with van der Waals surface area (Å²) in [4.78, 5) is 12.4. The Bertz CT molecular complexity index is 686. The van der Waals surface area contributed by atoms with Crippen LogP contribution in [0.5, 0.6) is 0 Å². The van der Waals surface area contributed by atoms with Crippen LogP contribution in [0.3, 0.4) is 0 Å². The maximum absolute atomic E-state index is 12.4. The van der Waals surface area contributed by atoms with Crippen molar-refractivity contribution in [2.75, 3.05) is 23.3 Å². The van der Waals surface area contributed by atoms with Crippen LogP contribution >= 0.6 is 23.2 Å². The first-order chi connectivity index (χ1) is 10.8. The van der Waals surface area contributed by atoms with Gasteiger partial charge in [-0.1, -0.05) is 30.1 Å². The van der Waals surface area contributed by atoms with E-state index in [4.69, 9.17) is 28.9 Å². The minimum Gasteiger partial charge on any atom is -0.396 e. The third kappa shape index (κ3) is 4.09. The zero-order valence-electron chi connectivity index (χ0n) is 12.7. The largest absolute Gasteiger partial charge is 0.396 e. The molecule has 0 saturated carbocycles. The number of nitrogens with zero attached hydrogens (tertiary/aromatic N) is 1. The molecule has 1 aliphatic heterocycles. The van der Waals surface area contributed by atoms with E-state index in [1.807, 2.05) is 0 Å². The number of carbonyl (C=O) groups is 1. The summed E-state index contributed by atoms with van der Waals surface area (Å²) in [6.07, 6.45) is 1.66. The Morgan fingerprint density at radius 2 is 2.00 bits per heavy atom. The van der Waals surface area contributed by atoms with Gasteiger partial charge in [0.15, 0.2) is 0 Å². The Hall–Kier alpha value is -1.02. The molecule has 1 unspecified atom stereocenters. The number of rotatable bonds is 5. The normalized spacial score (nSPS) is 19.0. The number of nitrogens with one attached hydrogen (secondary N) is 1. The van der Waals surface area contributed by atoms with Crippen LogP contribution in [0.25, 0.3) is 0 Å². The van der Waals surface area contributed by atoms with Gasteiger partial charge in [-0.15, -0.1) is 0 Å². The van der Waals surface area contributed by atoms with Gasteiger partial charge < -0.3 is 11.1 Å². The number of sulfonamides is 1. The van der Waals surface area contributed by atoms with Crippen molar-refractivity contribution in [1.82, 2.24) is 4.31 Å². The van der Waals surface area contributed by atoms with E-state index in [-0.39, 0.29) is 27.4 Å². The Labute approximate surface area is 146 Å². The van der Waals surface area contributed by atoms with E-state index < -0.39 is 16.1 Å². The summed E-state index contributed by atoms with van der Waals surface area (Å²) in [5, 5.41) is 3.13. The molecule has 0 aromatic heterocycles. The molecule has 1 atom stereocenters. The molecule has 6 nitrogen and oxygen atoms in total. The molecule has 0 spiro atoms. The van der Waals surface area contributed by atoms with Gasteiger partial charge in [0.25, 0.3) is 0 Å². The summed E-state index contributed by atoms with van der Waals surface area (Å²) in [6, 6.07) is 2.27. The van der Waals surface area contributed by atoms with Gasteiger partial charge in [-0.05, 0) is 31.4 Å². The van der Waals surface area contributed by atoms with Gasteiger partial charge in [-0.2, -0.15) is 4.31 Å². The molecule has 1 aliphatic rings. The second kappa shape index (κ2) is 7.25. The molecule has 1 saturated heterocycles. The number of amides is 1. The number of anilines is 2. The first kappa shape index (κ1) is 18.3. The molecule has 0 aliphatic carbocycles. The summed E-state index contributed by atoms with van der Waals surface area (Å²) in [6.45, 7) is 2.16. The highest BCUT2D eigenvalue weighted by atomic mass is 35.5. The van der Waals surface area contributed by atoms with Gasteiger partial charge >= 0.3 is 0 Å². The number of carbonyl (C=O) groups excluding carboxylic acids is 1. The fourth-order valence-electron chi connectivity index (χ4n) is 2.59. The number of nitrogens with two attached hydrogens (primary N) is 1. The molecule has 2 rings (SSSR count). The maximum atomic E-state index is 12.4. The molecule has 128 valence electrons. The summed E-state index contributed by atoms with van der Waals surface area (Å²) in [7, 11) is -3.42. The lowest BCUT2D eigenvalue weighted by atomic mass is 10.2. The maximum Gasteiger partial charge on any atom is 0.242 e. The third-order valence-corrected chi connectivity index (χ3v) is 6.37. The van der Waals surface area contributed by atoms with Crippen molar-refractivity contribution in [3.8, 4) is 0 Å². The molecular weight excluding hydrogens is 361 g/mol. The van der Waals surface area contributed by atoms with Crippen LogP contribution in [0.2, 0.25) is 10.0 Å². The summed E-state index contributed by atoms with van der Waals surface area (Å²) < 4.78 is 25.8. The number of hydrogen-bond acceptors (Lipinski definition) is 4. The van der Waals surface area contributed by atoms with Crippen molar-refractivity contribution in [1.29, 1.82) is 0 Å². The standard InChI is InChI=1S/C14H19Cl2N3O3S/c1-2-6-23(21,22)19-5-3-4-12(19)14(20)18-9-7-10(15)13(17)11(16)8-9/h7-8,12H,2-6,17H2,1H3,(H,18,20). The van der Waals surface area contributed by atoms with Gasteiger partial charge in [0.2, 0.25) is 15.9 Å². The Balaban J connectivity index is 2.17. The van der Waals surface area contributed by atoms with Crippen LogP contribution in [0, 0.1) is 0 Å². The van der Waals surface area contributed by atoms with E-state index in [9.17, 15) is 13.2 Å². The van der Waals surface area contributed by atoms with Crippen LogP contribution < -0.4 is 11.1 Å². The molecule has 1 aromatic rings. The topological polar surface area (TPSA) is 92.5 Å². The van der Waals surface area contributed by atoms with Crippen LogP contribution in [-0.2, 0) is 14.8 Å². The predicted molar refractivity (Wildman–Crippen MR) is 93.3 cm³/mol. The summed E-state index contributed by atoms with van der Waals surface area (Å²) >= 11 is 11.9. The zero-order chi connectivity index (χ0) is 17.2. The molecule has 1 amide bonds. The zero-order valence-corrected chi connectivity index (χ0v) is 15.0. The molecule has 1 fully saturated rings. The Kier molecular flexibility index (Phi) is 5.78. The molecular formula is C14H19Cl2N3O3S. The fraction of sp³-hybridized carbons (Fsp3) is 0.500. The molecule has 9 heteroatoms. The van der Waals surface area contributed by atoms with E-state index in [2.05, 4.69) is 5.32 Å². The fourth-order valence-corrected chi connectivity index (χ4v) is 4.83. The SMILES string of the molecule is CCCS(=O)(=O)N1CCCC1C(=O)Nc1cc(Cl)c(N)c(Cl)c1. The first-order valence-corrected chi connectivity index (χ1v) is 9.67. The van der Waals surface area contributed by atoms with Crippen LogP contribution in [0.1, 0.15) is 26.2 Å². The average Bonchev–Trinajstić information content (AvgIpc) is 2.95. The Morgan fingerprint density at radius 1 is 1.39 bits per heavy atom. The van der Waals surface area contributed by atoms with Crippen molar-refractivity contribution in [2.24, 2.45) is 0 Å². The number of benzene rings is 1.